The van der Waals surface area contributed by atoms with Gasteiger partial charge < -0.3 is 4.42 Å². The fraction of sp³-hybridized carbons (Fsp3) is 0. The Bertz CT molecular complexity index is 2780. The van der Waals surface area contributed by atoms with E-state index in [1.165, 1.54) is 51.5 Å². The lowest BCUT2D eigenvalue weighted by Crippen LogP contribution is -1.87. The summed E-state index contributed by atoms with van der Waals surface area (Å²) >= 11 is 3.69. The minimum Gasteiger partial charge on any atom is -0.436 e. The van der Waals surface area contributed by atoms with E-state index in [0.717, 1.165) is 38.9 Å². The Hall–Kier alpha value is -5.36. The highest BCUT2D eigenvalue weighted by atomic mass is 32.1. The molecule has 0 aliphatic carbocycles. The topological polar surface area (TPSA) is 38.9 Å². The highest BCUT2D eigenvalue weighted by Gasteiger charge is 2.16. The average molecular weight is 611 g/mol. The van der Waals surface area contributed by atoms with Crippen molar-refractivity contribution in [3.63, 3.8) is 0 Å². The van der Waals surface area contributed by atoms with Gasteiger partial charge in [-0.3, -0.25) is 0 Å². The third-order valence-electron chi connectivity index (χ3n) is 8.77. The molecule has 10 aromatic rings. The van der Waals surface area contributed by atoms with Crippen molar-refractivity contribution >= 4 is 85.2 Å². The normalized spacial score (nSPS) is 12.0. The first-order valence-electron chi connectivity index (χ1n) is 14.9. The van der Waals surface area contributed by atoms with Gasteiger partial charge in [-0.1, -0.05) is 97.1 Å². The third kappa shape index (κ3) is 3.81. The Morgan fingerprint density at radius 1 is 0.489 bits per heavy atom. The van der Waals surface area contributed by atoms with Gasteiger partial charge in [-0.2, -0.15) is 0 Å². The van der Waals surface area contributed by atoms with Crippen molar-refractivity contribution in [3.05, 3.63) is 134 Å². The largest absolute Gasteiger partial charge is 0.436 e. The first kappa shape index (κ1) is 25.0. The minimum atomic E-state index is 0.553. The van der Waals surface area contributed by atoms with Crippen molar-refractivity contribution in [1.82, 2.24) is 9.97 Å². The summed E-state index contributed by atoms with van der Waals surface area (Å²) in [5.74, 6) is 0. The number of furan rings is 1. The number of benzene rings is 6. The van der Waals surface area contributed by atoms with Crippen LogP contribution in [0.25, 0.3) is 96.1 Å². The van der Waals surface area contributed by atoms with E-state index in [-0.39, 0.29) is 0 Å². The van der Waals surface area contributed by atoms with Gasteiger partial charge in [-0.25, -0.2) is 9.97 Å². The van der Waals surface area contributed by atoms with Crippen molar-refractivity contribution < 1.29 is 4.42 Å². The predicted octanol–water partition coefficient (Wildman–Crippen LogP) is 12.1. The average Bonchev–Trinajstić information content (AvgIpc) is 3.78. The molecule has 4 heterocycles. The van der Waals surface area contributed by atoms with Crippen LogP contribution in [0.2, 0.25) is 0 Å². The van der Waals surface area contributed by atoms with E-state index in [1.54, 1.807) is 0 Å². The Kier molecular flexibility index (Phi) is 5.32. The first-order chi connectivity index (χ1) is 22.3. The Balaban J connectivity index is 1.07. The maximum Gasteiger partial charge on any atom is 0.246 e. The van der Waals surface area contributed by atoms with Crippen molar-refractivity contribution in [2.45, 2.75) is 0 Å². The highest BCUT2D eigenvalue weighted by molar-refractivity contribution is 7.26. The summed E-state index contributed by atoms with van der Waals surface area (Å²) in [4.78, 5) is 9.83. The summed E-state index contributed by atoms with van der Waals surface area (Å²) in [7, 11) is 0. The lowest BCUT2D eigenvalue weighted by atomic mass is 10.00. The van der Waals surface area contributed by atoms with Crippen LogP contribution in [-0.2, 0) is 0 Å². The molecule has 5 heteroatoms. The number of aromatic nitrogens is 2. The van der Waals surface area contributed by atoms with E-state index >= 15 is 0 Å². The second kappa shape index (κ2) is 9.57. The van der Waals surface area contributed by atoms with E-state index in [9.17, 15) is 0 Å². The Morgan fingerprint density at radius 2 is 1.09 bits per heavy atom. The van der Waals surface area contributed by atoms with Gasteiger partial charge >= 0.3 is 0 Å². The van der Waals surface area contributed by atoms with Crippen LogP contribution in [0.3, 0.4) is 0 Å². The second-order valence-corrected chi connectivity index (χ2v) is 13.5. The van der Waals surface area contributed by atoms with E-state index in [0.29, 0.717) is 5.71 Å². The Labute approximate surface area is 265 Å². The molecule has 0 aliphatic heterocycles. The molecule has 210 valence electrons. The Morgan fingerprint density at radius 3 is 1.80 bits per heavy atom. The molecule has 0 fully saturated rings. The van der Waals surface area contributed by atoms with Crippen molar-refractivity contribution in [3.8, 4) is 33.5 Å². The molecule has 0 spiro atoms. The molecular formula is C40H22N2OS2. The number of hydrogen-bond donors (Lipinski definition) is 0. The van der Waals surface area contributed by atoms with Crippen LogP contribution in [-0.4, -0.2) is 9.97 Å². The van der Waals surface area contributed by atoms with Crippen LogP contribution in [0.4, 0.5) is 0 Å². The summed E-state index contributed by atoms with van der Waals surface area (Å²) in [5.41, 5.74) is 8.67. The van der Waals surface area contributed by atoms with Gasteiger partial charge in [0.05, 0.1) is 11.9 Å². The molecule has 0 bridgehead atoms. The van der Waals surface area contributed by atoms with Gasteiger partial charge in [0.15, 0.2) is 0 Å². The lowest BCUT2D eigenvalue weighted by Gasteiger charge is -2.07. The van der Waals surface area contributed by atoms with Crippen LogP contribution in [0.1, 0.15) is 0 Å². The SMILES string of the molecule is c1cc(-c2cnc3c(n2)oc2cc(-c4cccc5c4sc4ccccc45)ccc23)cc(-c2cccc3c2sc2ccccc23)c1. The molecule has 10 rings (SSSR count). The van der Waals surface area contributed by atoms with Crippen molar-refractivity contribution in [1.29, 1.82) is 0 Å². The zero-order valence-corrected chi connectivity index (χ0v) is 25.5. The molecule has 3 nitrogen and oxygen atoms in total. The van der Waals surface area contributed by atoms with Crippen LogP contribution < -0.4 is 0 Å². The first-order valence-corrected chi connectivity index (χ1v) is 16.5. The van der Waals surface area contributed by atoms with E-state index in [2.05, 4.69) is 127 Å². The minimum absolute atomic E-state index is 0.553. The molecule has 0 unspecified atom stereocenters. The van der Waals surface area contributed by atoms with Crippen molar-refractivity contribution in [2.24, 2.45) is 0 Å². The summed E-state index contributed by atoms with van der Waals surface area (Å²) in [6.07, 6.45) is 1.86. The maximum absolute atomic E-state index is 6.39. The van der Waals surface area contributed by atoms with Gasteiger partial charge in [0.2, 0.25) is 5.71 Å². The number of hydrogen-bond acceptors (Lipinski definition) is 5. The number of nitrogens with zero attached hydrogens (tertiary/aromatic N) is 2. The van der Waals surface area contributed by atoms with Crippen LogP contribution in [0.15, 0.2) is 138 Å². The molecule has 0 saturated heterocycles. The maximum atomic E-state index is 6.39. The standard InChI is InChI=1S/C40H22N2OS2/c1-3-16-35-28(10-1)30-14-6-12-26(38(30)44-35)23-8-5-9-25(20-23)33-22-41-37-32-19-18-24(21-34(32)43-40(37)42-33)27-13-7-15-31-29-11-2-4-17-36(29)45-39(27)31/h1-22H. The highest BCUT2D eigenvalue weighted by Crippen LogP contribution is 2.42. The molecular weight excluding hydrogens is 589 g/mol. The zero-order chi connectivity index (χ0) is 29.5. The van der Waals surface area contributed by atoms with Crippen molar-refractivity contribution in [2.75, 3.05) is 0 Å². The molecule has 0 amide bonds. The fourth-order valence-electron chi connectivity index (χ4n) is 6.64. The van der Waals surface area contributed by atoms with E-state index < -0.39 is 0 Å². The predicted molar refractivity (Wildman–Crippen MR) is 191 cm³/mol. The van der Waals surface area contributed by atoms with Gasteiger partial charge in [0.25, 0.3) is 0 Å². The molecule has 4 aromatic heterocycles. The van der Waals surface area contributed by atoms with Crippen LogP contribution >= 0.6 is 22.7 Å². The molecule has 0 saturated carbocycles. The number of rotatable bonds is 3. The molecule has 45 heavy (non-hydrogen) atoms. The monoisotopic (exact) mass is 610 g/mol. The summed E-state index contributed by atoms with van der Waals surface area (Å²) in [6.45, 7) is 0. The zero-order valence-electron chi connectivity index (χ0n) is 23.8. The summed E-state index contributed by atoms with van der Waals surface area (Å²) in [6, 6.07) is 45.4. The quantitative estimate of drug-likeness (QED) is 0.200. The summed E-state index contributed by atoms with van der Waals surface area (Å²) in [5, 5.41) is 6.16. The molecule has 6 aromatic carbocycles. The van der Waals surface area contributed by atoms with Gasteiger partial charge in [0, 0.05) is 51.3 Å². The molecule has 0 N–H and O–H groups in total. The van der Waals surface area contributed by atoms with E-state index in [4.69, 9.17) is 14.4 Å². The molecule has 0 atom stereocenters. The van der Waals surface area contributed by atoms with Gasteiger partial charge in [-0.05, 0) is 52.6 Å². The lowest BCUT2D eigenvalue weighted by molar-refractivity contribution is 0.653. The number of thiophene rings is 2. The summed E-state index contributed by atoms with van der Waals surface area (Å²) < 4.78 is 11.6. The fourth-order valence-corrected chi connectivity index (χ4v) is 9.11. The molecule has 0 radical (unpaired) electrons. The number of fused-ring (bicyclic) bond motifs is 9. The second-order valence-electron chi connectivity index (χ2n) is 11.4. The smallest absolute Gasteiger partial charge is 0.246 e. The van der Waals surface area contributed by atoms with Gasteiger partial charge in [-0.15, -0.1) is 22.7 Å². The van der Waals surface area contributed by atoms with Gasteiger partial charge in [0.1, 0.15) is 11.1 Å². The van der Waals surface area contributed by atoms with Crippen LogP contribution in [0.5, 0.6) is 0 Å². The molecule has 0 aliphatic rings. The van der Waals surface area contributed by atoms with Crippen LogP contribution in [0, 0.1) is 0 Å². The van der Waals surface area contributed by atoms with E-state index in [1.807, 2.05) is 28.9 Å². The third-order valence-corrected chi connectivity index (χ3v) is 11.2.